The molecule has 0 aromatic heterocycles. The van der Waals surface area contributed by atoms with E-state index in [-0.39, 0.29) is 23.6 Å². The lowest BCUT2D eigenvalue weighted by Gasteiger charge is -2.22. The number of hydrogen-bond donors (Lipinski definition) is 2. The standard InChI is InChI=1S/C15H23FN2O3/c1-15(2,20-3)7-9-21-8-6-14(19)18-13-5-4-11(16)10-12(13)17/h4-5,10H,6-9,17H2,1-3H3,(H,18,19). The minimum absolute atomic E-state index is 0.200. The summed E-state index contributed by atoms with van der Waals surface area (Å²) in [6.07, 6.45) is 0.959. The van der Waals surface area contributed by atoms with Crippen LogP contribution in [0.4, 0.5) is 15.8 Å². The van der Waals surface area contributed by atoms with Gasteiger partial charge in [-0.05, 0) is 38.5 Å². The molecular formula is C15H23FN2O3. The highest BCUT2D eigenvalue weighted by Gasteiger charge is 2.15. The molecular weight excluding hydrogens is 275 g/mol. The summed E-state index contributed by atoms with van der Waals surface area (Å²) in [6, 6.07) is 3.85. The Morgan fingerprint density at radius 1 is 1.38 bits per heavy atom. The smallest absolute Gasteiger partial charge is 0.226 e. The van der Waals surface area contributed by atoms with Crippen molar-refractivity contribution in [3.63, 3.8) is 0 Å². The number of rotatable bonds is 8. The molecule has 1 aromatic rings. The van der Waals surface area contributed by atoms with Crippen molar-refractivity contribution in [2.24, 2.45) is 0 Å². The minimum Gasteiger partial charge on any atom is -0.397 e. The number of ether oxygens (including phenoxy) is 2. The van der Waals surface area contributed by atoms with Crippen molar-refractivity contribution >= 4 is 17.3 Å². The number of benzene rings is 1. The molecule has 1 amide bonds. The molecule has 0 saturated heterocycles. The quantitative estimate of drug-likeness (QED) is 0.571. The molecule has 0 spiro atoms. The summed E-state index contributed by atoms with van der Waals surface area (Å²) < 4.78 is 23.5. The molecule has 1 rings (SSSR count). The van der Waals surface area contributed by atoms with Crippen molar-refractivity contribution in [1.82, 2.24) is 0 Å². The Morgan fingerprint density at radius 3 is 2.71 bits per heavy atom. The van der Waals surface area contributed by atoms with Gasteiger partial charge in [0.25, 0.3) is 0 Å². The second kappa shape index (κ2) is 7.95. The van der Waals surface area contributed by atoms with Crippen LogP contribution in [0.1, 0.15) is 26.7 Å². The van der Waals surface area contributed by atoms with E-state index in [1.165, 1.54) is 18.2 Å². The highest BCUT2D eigenvalue weighted by atomic mass is 19.1. The van der Waals surface area contributed by atoms with E-state index < -0.39 is 5.82 Å². The molecule has 0 saturated carbocycles. The highest BCUT2D eigenvalue weighted by molar-refractivity contribution is 5.93. The number of hydrogen-bond acceptors (Lipinski definition) is 4. The summed E-state index contributed by atoms with van der Waals surface area (Å²) in [5.74, 6) is -0.658. The monoisotopic (exact) mass is 298 g/mol. The number of amides is 1. The molecule has 5 nitrogen and oxygen atoms in total. The van der Waals surface area contributed by atoms with Crippen LogP contribution < -0.4 is 11.1 Å². The van der Waals surface area contributed by atoms with E-state index in [1.54, 1.807) is 7.11 Å². The van der Waals surface area contributed by atoms with Gasteiger partial charge in [0.1, 0.15) is 5.82 Å². The van der Waals surface area contributed by atoms with Crippen molar-refractivity contribution in [1.29, 1.82) is 0 Å². The van der Waals surface area contributed by atoms with Crippen LogP contribution in [-0.4, -0.2) is 31.8 Å². The number of nitrogen functional groups attached to an aromatic ring is 1. The summed E-state index contributed by atoms with van der Waals surface area (Å²) in [7, 11) is 1.65. The predicted octanol–water partition coefficient (Wildman–Crippen LogP) is 2.57. The molecule has 1 aromatic carbocycles. The van der Waals surface area contributed by atoms with Gasteiger partial charge in [0.05, 0.1) is 30.0 Å². The topological polar surface area (TPSA) is 73.6 Å². The Balaban J connectivity index is 2.26. The van der Waals surface area contributed by atoms with Crippen molar-refractivity contribution in [3.05, 3.63) is 24.0 Å². The van der Waals surface area contributed by atoms with E-state index in [0.717, 1.165) is 6.42 Å². The van der Waals surface area contributed by atoms with E-state index in [4.69, 9.17) is 15.2 Å². The van der Waals surface area contributed by atoms with E-state index in [9.17, 15) is 9.18 Å². The number of anilines is 2. The third-order valence-corrected chi connectivity index (χ3v) is 3.16. The Bertz CT molecular complexity index is 478. The molecule has 3 N–H and O–H groups in total. The van der Waals surface area contributed by atoms with E-state index in [1.807, 2.05) is 13.8 Å². The van der Waals surface area contributed by atoms with Gasteiger partial charge in [-0.25, -0.2) is 4.39 Å². The molecule has 0 fully saturated rings. The zero-order chi connectivity index (χ0) is 15.9. The first-order chi connectivity index (χ1) is 9.84. The van der Waals surface area contributed by atoms with Crippen LogP contribution in [0.25, 0.3) is 0 Å². The van der Waals surface area contributed by atoms with Gasteiger partial charge in [0.15, 0.2) is 0 Å². The first kappa shape index (κ1) is 17.4. The lowest BCUT2D eigenvalue weighted by molar-refractivity contribution is -0.117. The Labute approximate surface area is 124 Å². The zero-order valence-corrected chi connectivity index (χ0v) is 12.7. The third kappa shape index (κ3) is 6.55. The fourth-order valence-electron chi connectivity index (χ4n) is 1.55. The van der Waals surface area contributed by atoms with E-state index >= 15 is 0 Å². The second-order valence-corrected chi connectivity index (χ2v) is 5.36. The van der Waals surface area contributed by atoms with Crippen molar-refractivity contribution in [2.75, 3.05) is 31.4 Å². The Kier molecular flexibility index (Phi) is 6.58. The molecule has 0 radical (unpaired) electrons. The summed E-state index contributed by atoms with van der Waals surface area (Å²) in [4.78, 5) is 11.7. The van der Waals surface area contributed by atoms with Gasteiger partial charge in [0, 0.05) is 13.7 Å². The van der Waals surface area contributed by atoms with Gasteiger partial charge >= 0.3 is 0 Å². The van der Waals surface area contributed by atoms with Gasteiger partial charge in [-0.2, -0.15) is 0 Å². The number of nitrogens with one attached hydrogen (secondary N) is 1. The van der Waals surface area contributed by atoms with Gasteiger partial charge < -0.3 is 20.5 Å². The van der Waals surface area contributed by atoms with Crippen molar-refractivity contribution in [2.45, 2.75) is 32.3 Å². The fraction of sp³-hybridized carbons (Fsp3) is 0.533. The maximum atomic E-state index is 12.9. The lowest BCUT2D eigenvalue weighted by atomic mass is 10.1. The number of carbonyl (C=O) groups excluding carboxylic acids is 1. The molecule has 0 bridgehead atoms. The lowest BCUT2D eigenvalue weighted by Crippen LogP contribution is -2.24. The minimum atomic E-state index is -0.436. The zero-order valence-electron chi connectivity index (χ0n) is 12.7. The van der Waals surface area contributed by atoms with Gasteiger partial charge in [0.2, 0.25) is 5.91 Å². The molecule has 0 aliphatic heterocycles. The molecule has 0 heterocycles. The van der Waals surface area contributed by atoms with Crippen LogP contribution in [-0.2, 0) is 14.3 Å². The Hall–Kier alpha value is -1.66. The van der Waals surface area contributed by atoms with Gasteiger partial charge in [-0.15, -0.1) is 0 Å². The average molecular weight is 298 g/mol. The second-order valence-electron chi connectivity index (χ2n) is 5.36. The first-order valence-corrected chi connectivity index (χ1v) is 6.82. The third-order valence-electron chi connectivity index (χ3n) is 3.16. The van der Waals surface area contributed by atoms with Crippen LogP contribution in [0, 0.1) is 5.82 Å². The van der Waals surface area contributed by atoms with Crippen LogP contribution >= 0.6 is 0 Å². The number of carbonyl (C=O) groups is 1. The first-order valence-electron chi connectivity index (χ1n) is 6.82. The summed E-state index contributed by atoms with van der Waals surface area (Å²) in [5.41, 5.74) is 5.98. The molecule has 6 heteroatoms. The molecule has 0 aliphatic carbocycles. The highest BCUT2D eigenvalue weighted by Crippen LogP contribution is 2.19. The summed E-state index contributed by atoms with van der Waals surface area (Å²) in [6.45, 7) is 4.78. The van der Waals surface area contributed by atoms with Gasteiger partial charge in [-0.3, -0.25) is 4.79 Å². The predicted molar refractivity (Wildman–Crippen MR) is 80.6 cm³/mol. The number of nitrogens with two attached hydrogens (primary N) is 1. The molecule has 0 unspecified atom stereocenters. The fourth-order valence-corrected chi connectivity index (χ4v) is 1.55. The van der Waals surface area contributed by atoms with Crippen LogP contribution in [0.3, 0.4) is 0 Å². The normalized spacial score (nSPS) is 11.4. The maximum Gasteiger partial charge on any atom is 0.226 e. The summed E-state index contributed by atoms with van der Waals surface area (Å²) >= 11 is 0. The van der Waals surface area contributed by atoms with E-state index in [2.05, 4.69) is 5.32 Å². The number of halogens is 1. The van der Waals surface area contributed by atoms with Crippen LogP contribution in [0.2, 0.25) is 0 Å². The number of methoxy groups -OCH3 is 1. The molecule has 118 valence electrons. The average Bonchev–Trinajstić information content (AvgIpc) is 2.41. The largest absolute Gasteiger partial charge is 0.397 e. The molecule has 0 aliphatic rings. The Morgan fingerprint density at radius 2 is 2.10 bits per heavy atom. The van der Waals surface area contributed by atoms with Crippen molar-refractivity contribution in [3.8, 4) is 0 Å². The van der Waals surface area contributed by atoms with Gasteiger partial charge in [-0.1, -0.05) is 0 Å². The van der Waals surface area contributed by atoms with Crippen molar-refractivity contribution < 1.29 is 18.7 Å². The maximum absolute atomic E-state index is 12.9. The SMILES string of the molecule is COC(C)(C)CCOCCC(=O)Nc1ccc(F)cc1N. The molecule has 21 heavy (non-hydrogen) atoms. The summed E-state index contributed by atoms with van der Waals surface area (Å²) in [5, 5.41) is 2.62. The van der Waals surface area contributed by atoms with Crippen LogP contribution in [0.15, 0.2) is 18.2 Å². The van der Waals surface area contributed by atoms with Crippen LogP contribution in [0.5, 0.6) is 0 Å². The molecule has 0 atom stereocenters. The van der Waals surface area contributed by atoms with E-state index in [0.29, 0.717) is 18.9 Å².